The van der Waals surface area contributed by atoms with Gasteiger partial charge >= 0.3 is 0 Å². The second-order valence-corrected chi connectivity index (χ2v) is 3.61. The van der Waals surface area contributed by atoms with E-state index in [0.29, 0.717) is 30.2 Å². The topological polar surface area (TPSA) is 9.23 Å². The second-order valence-electron chi connectivity index (χ2n) is 3.23. The molecule has 0 radical (unpaired) electrons. The van der Waals surface area contributed by atoms with Crippen LogP contribution >= 0.6 is 11.6 Å². The molecule has 0 amide bonds. The molecule has 0 atom stereocenters. The van der Waals surface area contributed by atoms with Gasteiger partial charge in [-0.3, -0.25) is 0 Å². The lowest BCUT2D eigenvalue weighted by molar-refractivity contribution is 0.316. The molecule has 1 aromatic carbocycles. The van der Waals surface area contributed by atoms with E-state index in [4.69, 9.17) is 16.3 Å². The van der Waals surface area contributed by atoms with E-state index < -0.39 is 0 Å². The highest BCUT2D eigenvalue weighted by Gasteiger charge is 2.02. The molecule has 0 aliphatic carbocycles. The van der Waals surface area contributed by atoms with E-state index in [0.717, 1.165) is 6.42 Å². The van der Waals surface area contributed by atoms with Crippen molar-refractivity contribution in [2.45, 2.75) is 19.8 Å². The zero-order chi connectivity index (χ0) is 11.8. The fraction of sp³-hybridized carbons (Fsp3) is 0.385. The van der Waals surface area contributed by atoms with Gasteiger partial charge in [-0.1, -0.05) is 18.8 Å². The number of hydrogen-bond donors (Lipinski definition) is 0. The Labute approximate surface area is 101 Å². The molecule has 0 bridgehead atoms. The van der Waals surface area contributed by atoms with Gasteiger partial charge in [-0.05, 0) is 24.6 Å². The third kappa shape index (κ3) is 4.12. The number of halogens is 2. The minimum Gasteiger partial charge on any atom is -0.492 e. The SMILES string of the molecule is CCCOc1ccc(F)cc1C#CCCCl. The van der Waals surface area contributed by atoms with E-state index in [-0.39, 0.29) is 5.82 Å². The van der Waals surface area contributed by atoms with Crippen LogP contribution in [0.1, 0.15) is 25.3 Å². The highest BCUT2D eigenvalue weighted by molar-refractivity contribution is 6.18. The third-order valence-electron chi connectivity index (χ3n) is 1.85. The minimum absolute atomic E-state index is 0.306. The molecule has 0 heterocycles. The number of benzene rings is 1. The fourth-order valence-corrected chi connectivity index (χ4v) is 1.24. The summed E-state index contributed by atoms with van der Waals surface area (Å²) in [4.78, 5) is 0. The molecule has 1 aromatic rings. The summed E-state index contributed by atoms with van der Waals surface area (Å²) >= 11 is 5.51. The summed E-state index contributed by atoms with van der Waals surface area (Å²) in [5, 5.41) is 0. The summed E-state index contributed by atoms with van der Waals surface area (Å²) < 4.78 is 18.5. The van der Waals surface area contributed by atoms with E-state index >= 15 is 0 Å². The van der Waals surface area contributed by atoms with Gasteiger partial charge in [0.15, 0.2) is 0 Å². The van der Waals surface area contributed by atoms with Gasteiger partial charge in [0.1, 0.15) is 11.6 Å². The van der Waals surface area contributed by atoms with E-state index in [1.165, 1.54) is 12.1 Å². The van der Waals surface area contributed by atoms with Crippen LogP contribution in [0, 0.1) is 17.7 Å². The standard InChI is InChI=1S/C13H14ClFO/c1-2-9-16-13-7-6-12(15)10-11(13)5-3-4-8-14/h6-7,10H,2,4,8-9H2,1H3. The Morgan fingerprint density at radius 1 is 1.44 bits per heavy atom. The van der Waals surface area contributed by atoms with E-state index in [1.807, 2.05) is 6.92 Å². The summed E-state index contributed by atoms with van der Waals surface area (Å²) in [5.74, 6) is 6.53. The van der Waals surface area contributed by atoms with Crippen molar-refractivity contribution < 1.29 is 9.13 Å². The zero-order valence-corrected chi connectivity index (χ0v) is 9.98. The normalized spacial score (nSPS) is 9.44. The van der Waals surface area contributed by atoms with Gasteiger partial charge in [-0.2, -0.15) is 0 Å². The largest absolute Gasteiger partial charge is 0.492 e. The van der Waals surface area contributed by atoms with Crippen LogP contribution in [0.4, 0.5) is 4.39 Å². The highest BCUT2D eigenvalue weighted by Crippen LogP contribution is 2.18. The molecule has 0 aromatic heterocycles. The lowest BCUT2D eigenvalue weighted by Crippen LogP contribution is -1.97. The molecular weight excluding hydrogens is 227 g/mol. The first kappa shape index (κ1) is 12.9. The van der Waals surface area contributed by atoms with Crippen LogP contribution in [0.15, 0.2) is 18.2 Å². The van der Waals surface area contributed by atoms with E-state index in [2.05, 4.69) is 11.8 Å². The smallest absolute Gasteiger partial charge is 0.135 e. The van der Waals surface area contributed by atoms with Gasteiger partial charge in [-0.15, -0.1) is 11.6 Å². The molecule has 1 rings (SSSR count). The predicted octanol–water partition coefficient (Wildman–Crippen LogP) is 3.59. The molecule has 0 spiro atoms. The molecule has 0 aliphatic heterocycles. The molecular formula is C13H14ClFO. The van der Waals surface area contributed by atoms with Crippen molar-refractivity contribution in [2.24, 2.45) is 0 Å². The summed E-state index contributed by atoms with van der Waals surface area (Å²) in [5.41, 5.74) is 0.582. The monoisotopic (exact) mass is 240 g/mol. The lowest BCUT2D eigenvalue weighted by atomic mass is 10.2. The van der Waals surface area contributed by atoms with Crippen molar-refractivity contribution in [3.8, 4) is 17.6 Å². The minimum atomic E-state index is -0.306. The third-order valence-corrected chi connectivity index (χ3v) is 2.03. The Morgan fingerprint density at radius 2 is 2.25 bits per heavy atom. The second kappa shape index (κ2) is 7.14. The van der Waals surface area contributed by atoms with Crippen LogP contribution in [0.25, 0.3) is 0 Å². The summed E-state index contributed by atoms with van der Waals surface area (Å²) in [7, 11) is 0. The summed E-state index contributed by atoms with van der Waals surface area (Å²) in [6.45, 7) is 2.62. The molecule has 1 nitrogen and oxygen atoms in total. The number of alkyl halides is 1. The van der Waals surface area contributed by atoms with Crippen molar-refractivity contribution >= 4 is 11.6 Å². The lowest BCUT2D eigenvalue weighted by Gasteiger charge is -2.06. The van der Waals surface area contributed by atoms with Crippen molar-refractivity contribution in [3.63, 3.8) is 0 Å². The molecule has 16 heavy (non-hydrogen) atoms. The van der Waals surface area contributed by atoms with Crippen molar-refractivity contribution in [1.82, 2.24) is 0 Å². The van der Waals surface area contributed by atoms with Gasteiger partial charge in [0.05, 0.1) is 12.2 Å². The zero-order valence-electron chi connectivity index (χ0n) is 9.22. The van der Waals surface area contributed by atoms with Crippen molar-refractivity contribution in [2.75, 3.05) is 12.5 Å². The van der Waals surface area contributed by atoms with Gasteiger partial charge < -0.3 is 4.74 Å². The maximum atomic E-state index is 13.0. The molecule has 3 heteroatoms. The molecule has 0 saturated heterocycles. The van der Waals surface area contributed by atoms with Gasteiger partial charge in [-0.25, -0.2) is 4.39 Å². The van der Waals surface area contributed by atoms with Gasteiger partial charge in [0.25, 0.3) is 0 Å². The van der Waals surface area contributed by atoms with Crippen LogP contribution in [-0.2, 0) is 0 Å². The van der Waals surface area contributed by atoms with Crippen molar-refractivity contribution in [1.29, 1.82) is 0 Å². The quantitative estimate of drug-likeness (QED) is 0.577. The predicted molar refractivity (Wildman–Crippen MR) is 64.4 cm³/mol. The van der Waals surface area contributed by atoms with Gasteiger partial charge in [0, 0.05) is 12.3 Å². The van der Waals surface area contributed by atoms with Crippen molar-refractivity contribution in [3.05, 3.63) is 29.6 Å². The first-order valence-corrected chi connectivity index (χ1v) is 5.78. The first-order chi connectivity index (χ1) is 7.77. The van der Waals surface area contributed by atoms with E-state index in [1.54, 1.807) is 6.07 Å². The molecule has 86 valence electrons. The van der Waals surface area contributed by atoms with Crippen LogP contribution in [-0.4, -0.2) is 12.5 Å². The maximum Gasteiger partial charge on any atom is 0.135 e. The highest BCUT2D eigenvalue weighted by atomic mass is 35.5. The molecule has 0 aliphatic rings. The molecule has 0 saturated carbocycles. The number of hydrogen-bond acceptors (Lipinski definition) is 1. The Balaban J connectivity index is 2.86. The molecule has 0 N–H and O–H groups in total. The van der Waals surface area contributed by atoms with Crippen LogP contribution in [0.5, 0.6) is 5.75 Å². The van der Waals surface area contributed by atoms with E-state index in [9.17, 15) is 4.39 Å². The summed E-state index contributed by atoms with van der Waals surface area (Å²) in [6.07, 6.45) is 1.50. The van der Waals surface area contributed by atoms with Crippen LogP contribution < -0.4 is 4.74 Å². The average molecular weight is 241 g/mol. The Hall–Kier alpha value is -1.20. The fourth-order valence-electron chi connectivity index (χ4n) is 1.14. The summed E-state index contributed by atoms with van der Waals surface area (Å²) in [6, 6.07) is 4.36. The Morgan fingerprint density at radius 3 is 2.94 bits per heavy atom. The average Bonchev–Trinajstić information content (AvgIpc) is 2.28. The molecule has 0 fully saturated rings. The number of rotatable bonds is 4. The number of ether oxygens (including phenoxy) is 1. The molecule has 0 unspecified atom stereocenters. The van der Waals surface area contributed by atoms with Gasteiger partial charge in [0.2, 0.25) is 0 Å². The Kier molecular flexibility index (Phi) is 5.74. The Bertz CT molecular complexity index is 393. The van der Waals surface area contributed by atoms with Crippen LogP contribution in [0.2, 0.25) is 0 Å². The van der Waals surface area contributed by atoms with Crippen LogP contribution in [0.3, 0.4) is 0 Å². The first-order valence-electron chi connectivity index (χ1n) is 5.25. The maximum absolute atomic E-state index is 13.0.